The molecule has 3 rings (SSSR count). The van der Waals surface area contributed by atoms with E-state index in [0.717, 1.165) is 18.2 Å². The van der Waals surface area contributed by atoms with Crippen LogP contribution in [0, 0.1) is 0 Å². The maximum absolute atomic E-state index is 12.9. The fourth-order valence-corrected chi connectivity index (χ4v) is 2.85. The van der Waals surface area contributed by atoms with Crippen LogP contribution in [-0.2, 0) is 6.18 Å². The number of halogens is 3. The minimum atomic E-state index is -4.40. The van der Waals surface area contributed by atoms with Crippen molar-refractivity contribution in [1.29, 1.82) is 0 Å². The number of aromatic amines is 1. The zero-order valence-electron chi connectivity index (χ0n) is 14.4. The van der Waals surface area contributed by atoms with Crippen molar-refractivity contribution in [2.45, 2.75) is 6.18 Å². The summed E-state index contributed by atoms with van der Waals surface area (Å²) in [5, 5.41) is 0. The molecule has 0 unspecified atom stereocenters. The minimum Gasteiger partial charge on any atom is -0.468 e. The van der Waals surface area contributed by atoms with Crippen LogP contribution in [0.4, 0.5) is 18.9 Å². The number of rotatable bonds is 3. The Bertz CT molecular complexity index is 889. The normalized spacial score (nSPS) is 15.0. The molecule has 0 radical (unpaired) electrons. The van der Waals surface area contributed by atoms with Gasteiger partial charge in [0, 0.05) is 37.9 Å². The van der Waals surface area contributed by atoms with Gasteiger partial charge in [0.15, 0.2) is 0 Å². The molecule has 1 aliphatic rings. The third kappa shape index (κ3) is 4.21. The number of H-pyrrole nitrogens is 1. The molecule has 2 heterocycles. The Hall–Kier alpha value is -3.04. The molecule has 2 aromatic rings. The number of anilines is 1. The number of nitrogens with zero attached hydrogens (tertiary/aromatic N) is 3. The van der Waals surface area contributed by atoms with Crippen LogP contribution in [0.25, 0.3) is 0 Å². The number of alkyl halides is 3. The van der Waals surface area contributed by atoms with Crippen LogP contribution < -0.4 is 15.2 Å². The quantitative estimate of drug-likeness (QED) is 0.875. The van der Waals surface area contributed by atoms with Crippen molar-refractivity contribution in [2.24, 2.45) is 0 Å². The van der Waals surface area contributed by atoms with Gasteiger partial charge in [-0.15, -0.1) is 0 Å². The summed E-state index contributed by atoms with van der Waals surface area (Å²) in [6.45, 7) is 1.33. The van der Waals surface area contributed by atoms with Crippen molar-refractivity contribution < 1.29 is 22.7 Å². The van der Waals surface area contributed by atoms with Crippen LogP contribution in [0.3, 0.4) is 0 Å². The van der Waals surface area contributed by atoms with E-state index in [4.69, 9.17) is 4.74 Å². The molecule has 144 valence electrons. The smallest absolute Gasteiger partial charge is 0.416 e. The molecule has 1 N–H and O–H groups in total. The summed E-state index contributed by atoms with van der Waals surface area (Å²) in [5.41, 5.74) is -0.804. The van der Waals surface area contributed by atoms with E-state index < -0.39 is 23.2 Å². The number of nitrogens with one attached hydrogen (secondary N) is 1. The lowest BCUT2D eigenvalue weighted by molar-refractivity contribution is -0.137. The van der Waals surface area contributed by atoms with Gasteiger partial charge in [-0.3, -0.25) is 14.6 Å². The third-order valence-electron chi connectivity index (χ3n) is 4.24. The molecule has 1 saturated heterocycles. The maximum atomic E-state index is 12.9. The first kappa shape index (κ1) is 18.7. The van der Waals surface area contributed by atoms with Crippen LogP contribution in [0.5, 0.6) is 6.01 Å². The van der Waals surface area contributed by atoms with E-state index in [1.165, 1.54) is 18.1 Å². The molecule has 0 atom stereocenters. The van der Waals surface area contributed by atoms with E-state index in [-0.39, 0.29) is 11.7 Å². The molecule has 10 heteroatoms. The van der Waals surface area contributed by atoms with Gasteiger partial charge in [-0.2, -0.15) is 18.2 Å². The van der Waals surface area contributed by atoms with Crippen LogP contribution in [-0.4, -0.2) is 54.1 Å². The highest BCUT2D eigenvalue weighted by atomic mass is 19.4. The van der Waals surface area contributed by atoms with Gasteiger partial charge < -0.3 is 14.5 Å². The fraction of sp³-hybridized carbons (Fsp3) is 0.353. The van der Waals surface area contributed by atoms with E-state index in [2.05, 4.69) is 9.97 Å². The summed E-state index contributed by atoms with van der Waals surface area (Å²) in [5.74, 6) is -0.428. The van der Waals surface area contributed by atoms with E-state index in [1.807, 2.05) is 0 Å². The van der Waals surface area contributed by atoms with Crippen molar-refractivity contribution in [1.82, 2.24) is 14.9 Å². The molecular weight excluding hydrogens is 365 g/mol. The Morgan fingerprint density at radius 1 is 1.19 bits per heavy atom. The summed E-state index contributed by atoms with van der Waals surface area (Å²) >= 11 is 0. The van der Waals surface area contributed by atoms with Gasteiger partial charge in [-0.25, -0.2) is 0 Å². The first-order chi connectivity index (χ1) is 12.8. The monoisotopic (exact) mass is 382 g/mol. The number of methoxy groups -OCH3 is 1. The SMILES string of the molecule is COc1nc(C(=O)N2CCN(c3cccc(C(F)(F)F)c3)CC2)cc(=O)[nH]1. The average molecular weight is 382 g/mol. The Morgan fingerprint density at radius 3 is 2.52 bits per heavy atom. The molecule has 1 amide bonds. The zero-order valence-corrected chi connectivity index (χ0v) is 14.4. The summed E-state index contributed by atoms with van der Waals surface area (Å²) < 4.78 is 43.5. The molecule has 1 aromatic carbocycles. The Balaban J connectivity index is 1.70. The van der Waals surface area contributed by atoms with Crippen LogP contribution in [0.15, 0.2) is 35.1 Å². The highest BCUT2D eigenvalue weighted by Gasteiger charge is 2.31. The summed E-state index contributed by atoms with van der Waals surface area (Å²) in [4.78, 5) is 33.7. The first-order valence-corrected chi connectivity index (χ1v) is 8.15. The molecular formula is C17H17F3N4O3. The Morgan fingerprint density at radius 2 is 1.89 bits per heavy atom. The van der Waals surface area contributed by atoms with E-state index in [0.29, 0.717) is 31.9 Å². The molecule has 0 spiro atoms. The number of aromatic nitrogens is 2. The second-order valence-corrected chi connectivity index (χ2v) is 5.97. The van der Waals surface area contributed by atoms with Crippen LogP contribution in [0.2, 0.25) is 0 Å². The Kier molecular flexibility index (Phi) is 5.06. The first-order valence-electron chi connectivity index (χ1n) is 8.15. The predicted molar refractivity (Wildman–Crippen MR) is 91.0 cm³/mol. The largest absolute Gasteiger partial charge is 0.468 e. The van der Waals surface area contributed by atoms with E-state index in [9.17, 15) is 22.8 Å². The average Bonchev–Trinajstić information content (AvgIpc) is 2.66. The second-order valence-electron chi connectivity index (χ2n) is 5.97. The molecule has 7 nitrogen and oxygen atoms in total. The zero-order chi connectivity index (χ0) is 19.6. The number of carbonyl (C=O) groups is 1. The standard InChI is InChI=1S/C17H17F3N4O3/c1-27-16-21-13(10-14(25)22-16)15(26)24-7-5-23(6-8-24)12-4-2-3-11(9-12)17(18,19)20/h2-4,9-10H,5-8H2,1H3,(H,21,22,25). The van der Waals surface area contributed by atoms with Gasteiger partial charge >= 0.3 is 6.18 Å². The Labute approximate surface area is 152 Å². The predicted octanol–water partition coefficient (Wildman–Crippen LogP) is 1.76. The van der Waals surface area contributed by atoms with Crippen molar-refractivity contribution >= 4 is 11.6 Å². The van der Waals surface area contributed by atoms with Gasteiger partial charge in [-0.1, -0.05) is 6.07 Å². The minimum absolute atomic E-state index is 0.0388. The number of ether oxygens (including phenoxy) is 1. The van der Waals surface area contributed by atoms with E-state index in [1.54, 1.807) is 11.0 Å². The number of benzene rings is 1. The molecule has 1 fully saturated rings. The van der Waals surface area contributed by atoms with Gasteiger partial charge in [0.2, 0.25) is 0 Å². The van der Waals surface area contributed by atoms with Gasteiger partial charge in [0.05, 0.1) is 12.7 Å². The van der Waals surface area contributed by atoms with Gasteiger partial charge in [0.1, 0.15) is 5.69 Å². The number of amides is 1. The van der Waals surface area contributed by atoms with Crippen molar-refractivity contribution in [2.75, 3.05) is 38.2 Å². The highest BCUT2D eigenvalue weighted by Crippen LogP contribution is 2.31. The van der Waals surface area contributed by atoms with Crippen molar-refractivity contribution in [3.05, 3.63) is 51.9 Å². The lowest BCUT2D eigenvalue weighted by Gasteiger charge is -2.36. The van der Waals surface area contributed by atoms with Crippen molar-refractivity contribution in [3.8, 4) is 6.01 Å². The van der Waals surface area contributed by atoms with Crippen LogP contribution in [0.1, 0.15) is 16.1 Å². The second kappa shape index (κ2) is 7.29. The van der Waals surface area contributed by atoms with Gasteiger partial charge in [0.25, 0.3) is 17.5 Å². The topological polar surface area (TPSA) is 78.5 Å². The van der Waals surface area contributed by atoms with Crippen LogP contribution >= 0.6 is 0 Å². The van der Waals surface area contributed by atoms with Gasteiger partial charge in [-0.05, 0) is 18.2 Å². The lowest BCUT2D eigenvalue weighted by atomic mass is 10.1. The van der Waals surface area contributed by atoms with Crippen molar-refractivity contribution in [3.63, 3.8) is 0 Å². The number of hydrogen-bond donors (Lipinski definition) is 1. The molecule has 0 bridgehead atoms. The summed E-state index contributed by atoms with van der Waals surface area (Å²) in [7, 11) is 1.32. The molecule has 0 aliphatic carbocycles. The lowest BCUT2D eigenvalue weighted by Crippen LogP contribution is -2.49. The summed E-state index contributed by atoms with van der Waals surface area (Å²) in [6.07, 6.45) is -4.40. The molecule has 27 heavy (non-hydrogen) atoms. The molecule has 1 aliphatic heterocycles. The molecule has 1 aromatic heterocycles. The highest BCUT2D eigenvalue weighted by molar-refractivity contribution is 5.92. The maximum Gasteiger partial charge on any atom is 0.416 e. The fourth-order valence-electron chi connectivity index (χ4n) is 2.85. The van der Waals surface area contributed by atoms with E-state index >= 15 is 0 Å². The number of hydrogen-bond acceptors (Lipinski definition) is 5. The third-order valence-corrected chi connectivity index (χ3v) is 4.24. The number of carbonyl (C=O) groups excluding carboxylic acids is 1. The summed E-state index contributed by atoms with van der Waals surface area (Å²) in [6, 6.07) is 6.12. The number of piperazine rings is 1. The molecule has 0 saturated carbocycles.